The second-order valence-corrected chi connectivity index (χ2v) is 5.48. The van der Waals surface area contributed by atoms with Crippen LogP contribution >= 0.6 is 0 Å². The van der Waals surface area contributed by atoms with Crippen molar-refractivity contribution >= 4 is 23.3 Å². The number of hydrogen-bond acceptors (Lipinski definition) is 3. The number of rotatable bonds is 4. The summed E-state index contributed by atoms with van der Waals surface area (Å²) >= 11 is 0. The Labute approximate surface area is 153 Å². The van der Waals surface area contributed by atoms with Gasteiger partial charge in [0.2, 0.25) is 0 Å². The molecule has 0 N–H and O–H groups in total. The molecule has 4 rings (SSSR count). The highest BCUT2D eigenvalue weighted by Crippen LogP contribution is 2.33. The number of carbonyl (C=O) groups is 1. The van der Waals surface area contributed by atoms with E-state index in [9.17, 15) is 4.79 Å². The maximum absolute atomic E-state index is 9.77. The molecule has 26 heavy (non-hydrogen) atoms. The van der Waals surface area contributed by atoms with Crippen LogP contribution in [0.2, 0.25) is 0 Å². The first kappa shape index (κ1) is 17.2. The molecule has 0 atom stereocenters. The lowest BCUT2D eigenvalue weighted by molar-refractivity contribution is 0.110. The maximum atomic E-state index is 9.77. The van der Waals surface area contributed by atoms with Crippen LogP contribution < -0.4 is 4.90 Å². The van der Waals surface area contributed by atoms with Gasteiger partial charge in [-0.2, -0.15) is 0 Å². The van der Waals surface area contributed by atoms with Crippen LogP contribution in [-0.2, 0) is 0 Å². The van der Waals surface area contributed by atoms with Gasteiger partial charge in [0.1, 0.15) is 0 Å². The lowest BCUT2D eigenvalue weighted by atomic mass is 10.2. The zero-order valence-electron chi connectivity index (χ0n) is 14.2. The van der Waals surface area contributed by atoms with Gasteiger partial charge in [0.15, 0.2) is 12.0 Å². The molecule has 0 aliphatic carbocycles. The van der Waals surface area contributed by atoms with Crippen molar-refractivity contribution in [3.63, 3.8) is 0 Å². The fourth-order valence-electron chi connectivity index (χ4n) is 2.54. The molecular formula is C23H19NO2. The number of carbonyl (C=O) groups excluding carboxylic acids is 1. The normalized spacial score (nSPS) is 9.69. The van der Waals surface area contributed by atoms with Gasteiger partial charge >= 0.3 is 0 Å². The van der Waals surface area contributed by atoms with Crippen LogP contribution in [0.4, 0.5) is 17.1 Å². The van der Waals surface area contributed by atoms with Crippen LogP contribution in [0, 0.1) is 0 Å². The highest BCUT2D eigenvalue weighted by molar-refractivity contribution is 5.76. The Kier molecular flexibility index (Phi) is 5.99. The molecule has 0 saturated carbocycles. The molecule has 0 aliphatic rings. The van der Waals surface area contributed by atoms with E-state index in [1.165, 1.54) is 23.3 Å². The summed E-state index contributed by atoms with van der Waals surface area (Å²) in [5.74, 6) is 0.375. The molecule has 1 aromatic heterocycles. The van der Waals surface area contributed by atoms with Crippen LogP contribution in [0.3, 0.4) is 0 Å². The summed E-state index contributed by atoms with van der Waals surface area (Å²) in [7, 11) is 0. The molecule has 0 spiro atoms. The topological polar surface area (TPSA) is 33.5 Å². The van der Waals surface area contributed by atoms with Crippen molar-refractivity contribution in [3.8, 4) is 0 Å². The van der Waals surface area contributed by atoms with Crippen molar-refractivity contribution in [2.75, 3.05) is 4.90 Å². The van der Waals surface area contributed by atoms with Gasteiger partial charge in [0.05, 0.1) is 6.26 Å². The van der Waals surface area contributed by atoms with Crippen LogP contribution in [0.25, 0.3) is 0 Å². The fraction of sp³-hybridized carbons (Fsp3) is 0. The summed E-state index contributed by atoms with van der Waals surface area (Å²) in [6.07, 6.45) is 2.13. The first-order valence-electron chi connectivity index (χ1n) is 8.32. The Bertz CT molecular complexity index is 795. The summed E-state index contributed by atoms with van der Waals surface area (Å²) in [5, 5.41) is 0. The molecule has 0 fully saturated rings. The first-order valence-corrected chi connectivity index (χ1v) is 8.32. The molecule has 0 saturated heterocycles. The van der Waals surface area contributed by atoms with Gasteiger partial charge in [0.25, 0.3) is 0 Å². The van der Waals surface area contributed by atoms with E-state index in [-0.39, 0.29) is 0 Å². The quantitative estimate of drug-likeness (QED) is 0.411. The molecule has 0 amide bonds. The molecule has 3 aromatic carbocycles. The standard InChI is InChI=1S/C18H15N.C5H4O2/c1-4-10-16(11-5-1)19(17-12-6-2-7-13-17)18-14-8-3-9-15-18;6-4-5-2-1-3-7-5/h1-15H;1-4H. The van der Waals surface area contributed by atoms with Crippen molar-refractivity contribution in [3.05, 3.63) is 115 Å². The summed E-state index contributed by atoms with van der Waals surface area (Å²) in [6, 6.07) is 34.5. The van der Waals surface area contributed by atoms with E-state index >= 15 is 0 Å². The van der Waals surface area contributed by atoms with Crippen molar-refractivity contribution in [2.45, 2.75) is 0 Å². The van der Waals surface area contributed by atoms with E-state index < -0.39 is 0 Å². The van der Waals surface area contributed by atoms with E-state index in [1.54, 1.807) is 12.1 Å². The van der Waals surface area contributed by atoms with Crippen LogP contribution in [-0.4, -0.2) is 6.29 Å². The second-order valence-electron chi connectivity index (χ2n) is 5.48. The zero-order valence-corrected chi connectivity index (χ0v) is 14.2. The van der Waals surface area contributed by atoms with E-state index in [4.69, 9.17) is 0 Å². The predicted molar refractivity (Wildman–Crippen MR) is 105 cm³/mol. The summed E-state index contributed by atoms with van der Waals surface area (Å²) < 4.78 is 4.61. The Morgan fingerprint density at radius 2 is 1.00 bits per heavy atom. The summed E-state index contributed by atoms with van der Waals surface area (Å²) in [5.41, 5.74) is 3.50. The highest BCUT2D eigenvalue weighted by Gasteiger charge is 2.10. The van der Waals surface area contributed by atoms with Gasteiger partial charge in [0, 0.05) is 17.1 Å². The number of para-hydroxylation sites is 3. The highest BCUT2D eigenvalue weighted by atomic mass is 16.3. The average Bonchev–Trinajstić information content (AvgIpc) is 3.25. The minimum Gasteiger partial charge on any atom is -0.462 e. The molecular weight excluding hydrogens is 322 g/mol. The first-order chi connectivity index (χ1) is 12.9. The smallest absolute Gasteiger partial charge is 0.185 e. The van der Waals surface area contributed by atoms with Crippen LogP contribution in [0.5, 0.6) is 0 Å². The summed E-state index contributed by atoms with van der Waals surface area (Å²) in [4.78, 5) is 12.0. The Balaban J connectivity index is 0.000000236. The monoisotopic (exact) mass is 341 g/mol. The molecule has 128 valence electrons. The van der Waals surface area contributed by atoms with Crippen molar-refractivity contribution in [1.29, 1.82) is 0 Å². The lowest BCUT2D eigenvalue weighted by Gasteiger charge is -2.25. The molecule has 3 nitrogen and oxygen atoms in total. The van der Waals surface area contributed by atoms with Gasteiger partial charge in [-0.25, -0.2) is 0 Å². The number of nitrogens with zero attached hydrogens (tertiary/aromatic N) is 1. The van der Waals surface area contributed by atoms with Crippen molar-refractivity contribution < 1.29 is 9.21 Å². The lowest BCUT2D eigenvalue weighted by Crippen LogP contribution is -2.09. The van der Waals surface area contributed by atoms with Crippen molar-refractivity contribution in [1.82, 2.24) is 0 Å². The summed E-state index contributed by atoms with van der Waals surface area (Å²) in [6.45, 7) is 0. The third kappa shape index (κ3) is 4.48. The van der Waals surface area contributed by atoms with Gasteiger partial charge in [-0.1, -0.05) is 54.6 Å². The zero-order chi connectivity index (χ0) is 18.0. The van der Waals surface area contributed by atoms with Gasteiger partial charge in [-0.3, -0.25) is 4.79 Å². The minimum atomic E-state index is 0.375. The number of anilines is 3. The van der Waals surface area contributed by atoms with Gasteiger partial charge < -0.3 is 9.32 Å². The third-order valence-electron chi connectivity index (χ3n) is 3.70. The number of benzene rings is 3. The van der Waals surface area contributed by atoms with E-state index in [0.29, 0.717) is 12.0 Å². The van der Waals surface area contributed by atoms with Crippen molar-refractivity contribution in [2.24, 2.45) is 0 Å². The van der Waals surface area contributed by atoms with E-state index in [2.05, 4.69) is 82.1 Å². The molecule has 0 radical (unpaired) electrons. The maximum Gasteiger partial charge on any atom is 0.185 e. The Morgan fingerprint density at radius 3 is 1.27 bits per heavy atom. The minimum absolute atomic E-state index is 0.375. The van der Waals surface area contributed by atoms with E-state index in [1.807, 2.05) is 18.2 Å². The third-order valence-corrected chi connectivity index (χ3v) is 3.70. The second kappa shape index (κ2) is 9.04. The molecule has 0 bridgehead atoms. The largest absolute Gasteiger partial charge is 0.462 e. The number of furan rings is 1. The predicted octanol–water partition coefficient (Wildman–Crippen LogP) is 6.25. The molecule has 3 heteroatoms. The Morgan fingerprint density at radius 1 is 0.577 bits per heavy atom. The van der Waals surface area contributed by atoms with Gasteiger partial charge in [-0.15, -0.1) is 0 Å². The molecule has 0 unspecified atom stereocenters. The molecule has 0 aliphatic heterocycles. The fourth-order valence-corrected chi connectivity index (χ4v) is 2.54. The molecule has 4 aromatic rings. The average molecular weight is 341 g/mol. The van der Waals surface area contributed by atoms with E-state index in [0.717, 1.165) is 0 Å². The number of hydrogen-bond donors (Lipinski definition) is 0. The van der Waals surface area contributed by atoms with Crippen LogP contribution in [0.15, 0.2) is 114 Å². The SMILES string of the molecule is O=Cc1ccco1.c1ccc(N(c2ccccc2)c2ccccc2)cc1. The Hall–Kier alpha value is -3.59. The molecule has 1 heterocycles. The van der Waals surface area contributed by atoms with Crippen LogP contribution in [0.1, 0.15) is 10.6 Å². The van der Waals surface area contributed by atoms with Gasteiger partial charge in [-0.05, 0) is 48.5 Å². The number of aldehydes is 1.